The Morgan fingerprint density at radius 1 is 0.737 bits per heavy atom. The predicted molar refractivity (Wildman–Crippen MR) is 85.6 cm³/mol. The third-order valence-electron chi connectivity index (χ3n) is 3.11. The SMILES string of the molecule is CCC=c1cc(O)c(=CCC)c(=CCC)c1=CCC. The molecule has 0 bridgehead atoms. The van der Waals surface area contributed by atoms with Crippen molar-refractivity contribution in [1.82, 2.24) is 0 Å². The minimum atomic E-state index is 0.398. The normalized spacial score (nSPS) is 15.6. The van der Waals surface area contributed by atoms with Crippen molar-refractivity contribution >= 4 is 24.3 Å². The molecule has 1 rings (SSSR count). The second kappa shape index (κ2) is 7.83. The second-order valence-electron chi connectivity index (χ2n) is 4.68. The summed E-state index contributed by atoms with van der Waals surface area (Å²) in [4.78, 5) is 0. The minimum Gasteiger partial charge on any atom is -0.507 e. The van der Waals surface area contributed by atoms with E-state index in [0.717, 1.165) is 36.1 Å². The number of aromatic hydroxyl groups is 1. The summed E-state index contributed by atoms with van der Waals surface area (Å²) in [6.07, 6.45) is 12.7. The molecule has 1 heteroatoms. The largest absolute Gasteiger partial charge is 0.507 e. The molecule has 1 N–H and O–H groups in total. The molecule has 0 unspecified atom stereocenters. The Morgan fingerprint density at radius 2 is 1.21 bits per heavy atom. The molecule has 0 radical (unpaired) electrons. The first-order valence-electron chi connectivity index (χ1n) is 7.42. The van der Waals surface area contributed by atoms with Crippen molar-refractivity contribution in [3.8, 4) is 5.75 Å². The van der Waals surface area contributed by atoms with Crippen molar-refractivity contribution < 1.29 is 5.11 Å². The van der Waals surface area contributed by atoms with Gasteiger partial charge in [-0.2, -0.15) is 0 Å². The summed E-state index contributed by atoms with van der Waals surface area (Å²) >= 11 is 0. The Bertz CT molecular complexity index is 636. The quantitative estimate of drug-likeness (QED) is 0.877. The molecule has 0 saturated heterocycles. The molecule has 0 heterocycles. The number of rotatable bonds is 4. The van der Waals surface area contributed by atoms with Gasteiger partial charge in [0.25, 0.3) is 0 Å². The molecule has 0 fully saturated rings. The van der Waals surface area contributed by atoms with Gasteiger partial charge in [0.1, 0.15) is 5.75 Å². The van der Waals surface area contributed by atoms with Crippen molar-refractivity contribution in [2.45, 2.75) is 53.4 Å². The van der Waals surface area contributed by atoms with Crippen molar-refractivity contribution in [2.24, 2.45) is 0 Å². The first kappa shape index (κ1) is 15.6. The topological polar surface area (TPSA) is 20.2 Å². The highest BCUT2D eigenvalue weighted by atomic mass is 16.3. The lowest BCUT2D eigenvalue weighted by Gasteiger charge is -2.01. The maximum atomic E-state index is 10.3. The van der Waals surface area contributed by atoms with Crippen LogP contribution in [-0.4, -0.2) is 5.11 Å². The van der Waals surface area contributed by atoms with Crippen molar-refractivity contribution in [2.75, 3.05) is 0 Å². The summed E-state index contributed by atoms with van der Waals surface area (Å²) in [6, 6.07) is 1.90. The maximum Gasteiger partial charge on any atom is 0.123 e. The molecule has 0 aliphatic heterocycles. The maximum absolute atomic E-state index is 10.3. The molecule has 1 aromatic carbocycles. The van der Waals surface area contributed by atoms with Gasteiger partial charge in [-0.15, -0.1) is 0 Å². The fourth-order valence-electron chi connectivity index (χ4n) is 2.40. The van der Waals surface area contributed by atoms with Gasteiger partial charge < -0.3 is 5.11 Å². The molecule has 0 atom stereocenters. The van der Waals surface area contributed by atoms with Crippen LogP contribution in [0.5, 0.6) is 5.75 Å². The van der Waals surface area contributed by atoms with Gasteiger partial charge in [-0.25, -0.2) is 0 Å². The molecular weight excluding hydrogens is 232 g/mol. The second-order valence-corrected chi connectivity index (χ2v) is 4.68. The highest BCUT2D eigenvalue weighted by Crippen LogP contribution is 1.92. The summed E-state index contributed by atoms with van der Waals surface area (Å²) in [7, 11) is 0. The Kier molecular flexibility index (Phi) is 6.41. The molecule has 0 saturated carbocycles. The van der Waals surface area contributed by atoms with E-state index in [0.29, 0.717) is 5.75 Å². The van der Waals surface area contributed by atoms with Crippen LogP contribution in [0.4, 0.5) is 0 Å². The van der Waals surface area contributed by atoms with Gasteiger partial charge in [-0.1, -0.05) is 52.0 Å². The number of hydrogen-bond donors (Lipinski definition) is 1. The first-order chi connectivity index (χ1) is 9.19. The van der Waals surface area contributed by atoms with Crippen LogP contribution in [0.25, 0.3) is 24.3 Å². The summed E-state index contributed by atoms with van der Waals surface area (Å²) in [6.45, 7) is 8.52. The third-order valence-corrected chi connectivity index (χ3v) is 3.11. The lowest BCUT2D eigenvalue weighted by molar-refractivity contribution is 0.469. The van der Waals surface area contributed by atoms with E-state index in [1.807, 2.05) is 6.07 Å². The lowest BCUT2D eigenvalue weighted by atomic mass is 10.1. The van der Waals surface area contributed by atoms with E-state index >= 15 is 0 Å². The van der Waals surface area contributed by atoms with E-state index in [1.165, 1.54) is 10.4 Å². The Morgan fingerprint density at radius 3 is 1.74 bits per heavy atom. The van der Waals surface area contributed by atoms with Crippen molar-refractivity contribution in [1.29, 1.82) is 0 Å². The average Bonchev–Trinajstić information content (AvgIpc) is 2.38. The number of phenols is 1. The summed E-state index contributed by atoms with van der Waals surface area (Å²) < 4.78 is 0. The van der Waals surface area contributed by atoms with Gasteiger partial charge in [-0.3, -0.25) is 0 Å². The van der Waals surface area contributed by atoms with Crippen LogP contribution in [-0.2, 0) is 0 Å². The number of hydrogen-bond acceptors (Lipinski definition) is 1. The fraction of sp³-hybridized carbons (Fsp3) is 0.444. The average molecular weight is 258 g/mol. The van der Waals surface area contributed by atoms with Crippen LogP contribution in [0.15, 0.2) is 6.07 Å². The van der Waals surface area contributed by atoms with Crippen LogP contribution in [0.3, 0.4) is 0 Å². The van der Waals surface area contributed by atoms with Gasteiger partial charge in [-0.05, 0) is 47.4 Å². The van der Waals surface area contributed by atoms with E-state index in [4.69, 9.17) is 0 Å². The van der Waals surface area contributed by atoms with E-state index in [1.54, 1.807) is 0 Å². The first-order valence-corrected chi connectivity index (χ1v) is 7.42. The Hall–Kier alpha value is -1.50. The molecule has 1 nitrogen and oxygen atoms in total. The van der Waals surface area contributed by atoms with Crippen LogP contribution in [0.2, 0.25) is 0 Å². The Labute approximate surface area is 116 Å². The Balaban J connectivity index is 4.01. The zero-order chi connectivity index (χ0) is 14.3. The van der Waals surface area contributed by atoms with Crippen LogP contribution in [0, 0.1) is 0 Å². The van der Waals surface area contributed by atoms with E-state index in [-0.39, 0.29) is 0 Å². The highest BCUT2D eigenvalue weighted by Gasteiger charge is 1.98. The number of benzene rings is 1. The molecule has 0 amide bonds. The van der Waals surface area contributed by atoms with Gasteiger partial charge in [0.15, 0.2) is 0 Å². The van der Waals surface area contributed by atoms with E-state index in [9.17, 15) is 5.11 Å². The van der Waals surface area contributed by atoms with E-state index in [2.05, 4.69) is 52.0 Å². The van der Waals surface area contributed by atoms with Gasteiger partial charge in [0.05, 0.1) is 0 Å². The van der Waals surface area contributed by atoms with Crippen LogP contribution >= 0.6 is 0 Å². The third kappa shape index (κ3) is 3.73. The molecule has 1 aromatic rings. The van der Waals surface area contributed by atoms with E-state index < -0.39 is 0 Å². The smallest absolute Gasteiger partial charge is 0.123 e. The molecule has 0 spiro atoms. The minimum absolute atomic E-state index is 0.398. The summed E-state index contributed by atoms with van der Waals surface area (Å²) in [5.74, 6) is 0.398. The zero-order valence-electron chi connectivity index (χ0n) is 12.7. The number of phenolic OH excluding ortho intramolecular Hbond substituents is 1. The van der Waals surface area contributed by atoms with Crippen LogP contribution in [0.1, 0.15) is 53.4 Å². The van der Waals surface area contributed by atoms with Gasteiger partial charge in [0, 0.05) is 5.22 Å². The predicted octanol–water partition coefficient (Wildman–Crippen LogP) is 2.15. The fourth-order valence-corrected chi connectivity index (χ4v) is 2.40. The molecule has 0 aliphatic carbocycles. The molecule has 0 aliphatic rings. The zero-order valence-corrected chi connectivity index (χ0v) is 12.7. The van der Waals surface area contributed by atoms with Crippen molar-refractivity contribution in [3.63, 3.8) is 0 Å². The van der Waals surface area contributed by atoms with Gasteiger partial charge >= 0.3 is 0 Å². The molecule has 104 valence electrons. The molecular formula is C18H26O. The van der Waals surface area contributed by atoms with Crippen molar-refractivity contribution in [3.05, 3.63) is 26.9 Å². The molecule has 0 aromatic heterocycles. The van der Waals surface area contributed by atoms with Gasteiger partial charge in [0.2, 0.25) is 0 Å². The lowest BCUT2D eigenvalue weighted by Crippen LogP contribution is -2.48. The highest BCUT2D eigenvalue weighted by molar-refractivity contribution is 5.44. The van der Waals surface area contributed by atoms with Crippen LogP contribution < -0.4 is 20.9 Å². The summed E-state index contributed by atoms with van der Waals surface area (Å²) in [5.41, 5.74) is 0. The molecule has 19 heavy (non-hydrogen) atoms. The summed E-state index contributed by atoms with van der Waals surface area (Å²) in [5, 5.41) is 14.8. The monoisotopic (exact) mass is 258 g/mol. The standard InChI is InChI=1S/C18H26O/c1-5-9-14-13-18(19)17(12-8-4)16(11-7-3)15(14)10-6-2/h9-13,19H,5-8H2,1-4H3.